The van der Waals surface area contributed by atoms with Crippen molar-refractivity contribution in [1.82, 2.24) is 9.97 Å². The first-order valence-electron chi connectivity index (χ1n) is 10.6. The predicted molar refractivity (Wildman–Crippen MR) is 123 cm³/mol. The summed E-state index contributed by atoms with van der Waals surface area (Å²) in [6.45, 7) is 4.43. The van der Waals surface area contributed by atoms with E-state index in [1.807, 2.05) is 31.1 Å². The van der Waals surface area contributed by atoms with Crippen LogP contribution in [0.5, 0.6) is 17.4 Å². The predicted octanol–water partition coefficient (Wildman–Crippen LogP) is 4.53. The van der Waals surface area contributed by atoms with E-state index in [-0.39, 0.29) is 11.5 Å². The first-order chi connectivity index (χ1) is 14.8. The standard InChI is InChI=1S/C25H30N4O2/c1-25(2,17-5-9-20(10-6-17)30-22-13-19(26)14-22)18-7-11-21(12-8-18)31-24-16-27-23(15-28-24)29(3)4/h5-12,15-16,19,22H,13-14,26H2,1-4H3. The number of hydrogen-bond donors (Lipinski definition) is 1. The van der Waals surface area contributed by atoms with E-state index < -0.39 is 0 Å². The Morgan fingerprint density at radius 2 is 1.45 bits per heavy atom. The zero-order chi connectivity index (χ0) is 22.0. The lowest BCUT2D eigenvalue weighted by molar-refractivity contribution is 0.101. The van der Waals surface area contributed by atoms with Crippen molar-refractivity contribution in [3.63, 3.8) is 0 Å². The largest absolute Gasteiger partial charge is 0.490 e. The molecule has 1 aliphatic carbocycles. The highest BCUT2D eigenvalue weighted by atomic mass is 16.5. The molecule has 0 atom stereocenters. The van der Waals surface area contributed by atoms with Gasteiger partial charge in [0.1, 0.15) is 23.4 Å². The second kappa shape index (κ2) is 8.55. The molecule has 0 saturated heterocycles. The molecule has 0 spiro atoms. The summed E-state index contributed by atoms with van der Waals surface area (Å²) in [5, 5.41) is 0. The summed E-state index contributed by atoms with van der Waals surface area (Å²) >= 11 is 0. The lowest BCUT2D eigenvalue weighted by Crippen LogP contribution is -2.43. The average Bonchev–Trinajstić information content (AvgIpc) is 2.74. The van der Waals surface area contributed by atoms with E-state index in [0.717, 1.165) is 30.2 Å². The Labute approximate surface area is 184 Å². The number of anilines is 1. The van der Waals surface area contributed by atoms with Crippen LogP contribution in [0.1, 0.15) is 37.8 Å². The number of hydrogen-bond acceptors (Lipinski definition) is 6. The fourth-order valence-corrected chi connectivity index (χ4v) is 3.67. The Kier molecular flexibility index (Phi) is 5.83. The van der Waals surface area contributed by atoms with E-state index >= 15 is 0 Å². The molecule has 0 bridgehead atoms. The van der Waals surface area contributed by atoms with E-state index in [4.69, 9.17) is 15.2 Å². The van der Waals surface area contributed by atoms with Gasteiger partial charge in [0, 0.05) is 25.6 Å². The Morgan fingerprint density at radius 3 is 1.94 bits per heavy atom. The minimum absolute atomic E-state index is 0.150. The summed E-state index contributed by atoms with van der Waals surface area (Å²) in [7, 11) is 3.85. The van der Waals surface area contributed by atoms with Gasteiger partial charge in [-0.15, -0.1) is 0 Å². The van der Waals surface area contributed by atoms with Gasteiger partial charge in [0.05, 0.1) is 12.4 Å². The van der Waals surface area contributed by atoms with Gasteiger partial charge in [-0.25, -0.2) is 9.97 Å². The van der Waals surface area contributed by atoms with Crippen LogP contribution in [0.4, 0.5) is 5.82 Å². The molecule has 0 amide bonds. The van der Waals surface area contributed by atoms with Crippen LogP contribution in [0.3, 0.4) is 0 Å². The second-order valence-corrected chi connectivity index (χ2v) is 8.85. The van der Waals surface area contributed by atoms with E-state index in [2.05, 4.69) is 60.2 Å². The molecule has 0 unspecified atom stereocenters. The Bertz CT molecular complexity index is 993. The lowest BCUT2D eigenvalue weighted by atomic mass is 9.78. The van der Waals surface area contributed by atoms with Crippen LogP contribution >= 0.6 is 0 Å². The van der Waals surface area contributed by atoms with Gasteiger partial charge in [0.15, 0.2) is 0 Å². The van der Waals surface area contributed by atoms with Gasteiger partial charge in [-0.3, -0.25) is 0 Å². The number of benzene rings is 2. The molecular formula is C25H30N4O2. The van der Waals surface area contributed by atoms with Gasteiger partial charge in [0.2, 0.25) is 5.88 Å². The van der Waals surface area contributed by atoms with Gasteiger partial charge in [-0.05, 0) is 48.2 Å². The van der Waals surface area contributed by atoms with E-state index in [1.54, 1.807) is 12.4 Å². The Balaban J connectivity index is 1.42. The van der Waals surface area contributed by atoms with Gasteiger partial charge in [-0.2, -0.15) is 0 Å². The molecule has 3 aromatic rings. The summed E-state index contributed by atoms with van der Waals surface area (Å²) in [6.07, 6.45) is 5.46. The summed E-state index contributed by atoms with van der Waals surface area (Å²) in [6, 6.07) is 16.8. The fourth-order valence-electron chi connectivity index (χ4n) is 3.67. The third-order valence-electron chi connectivity index (χ3n) is 5.88. The number of nitrogens with two attached hydrogens (primary N) is 1. The van der Waals surface area contributed by atoms with Crippen LogP contribution in [0.25, 0.3) is 0 Å². The topological polar surface area (TPSA) is 73.5 Å². The molecule has 1 saturated carbocycles. The lowest BCUT2D eigenvalue weighted by Gasteiger charge is -2.33. The molecule has 31 heavy (non-hydrogen) atoms. The second-order valence-electron chi connectivity index (χ2n) is 8.85. The van der Waals surface area contributed by atoms with E-state index in [9.17, 15) is 0 Å². The first kappa shape index (κ1) is 21.1. The van der Waals surface area contributed by atoms with Crippen LogP contribution in [-0.4, -0.2) is 36.2 Å². The normalized spacial score (nSPS) is 18.2. The van der Waals surface area contributed by atoms with Crippen molar-refractivity contribution in [2.75, 3.05) is 19.0 Å². The molecule has 1 aliphatic rings. The summed E-state index contributed by atoms with van der Waals surface area (Å²) < 4.78 is 11.8. The van der Waals surface area contributed by atoms with Crippen LogP contribution in [0.2, 0.25) is 0 Å². The van der Waals surface area contributed by atoms with Crippen molar-refractivity contribution in [2.24, 2.45) is 5.73 Å². The van der Waals surface area contributed by atoms with Gasteiger partial charge >= 0.3 is 0 Å². The maximum atomic E-state index is 5.98. The van der Waals surface area contributed by atoms with E-state index in [0.29, 0.717) is 11.9 Å². The van der Waals surface area contributed by atoms with Crippen molar-refractivity contribution < 1.29 is 9.47 Å². The molecule has 4 rings (SSSR count). The smallest absolute Gasteiger partial charge is 0.237 e. The maximum Gasteiger partial charge on any atom is 0.237 e. The monoisotopic (exact) mass is 418 g/mol. The first-order valence-corrected chi connectivity index (χ1v) is 10.6. The van der Waals surface area contributed by atoms with Gasteiger partial charge in [0.25, 0.3) is 0 Å². The summed E-state index contributed by atoms with van der Waals surface area (Å²) in [4.78, 5) is 10.5. The quantitative estimate of drug-likeness (QED) is 0.608. The van der Waals surface area contributed by atoms with Crippen molar-refractivity contribution >= 4 is 5.82 Å². The van der Waals surface area contributed by atoms with Crippen molar-refractivity contribution in [1.29, 1.82) is 0 Å². The summed E-state index contributed by atoms with van der Waals surface area (Å²) in [5.74, 6) is 2.90. The summed E-state index contributed by atoms with van der Waals surface area (Å²) in [5.41, 5.74) is 8.12. The molecule has 0 aliphatic heterocycles. The van der Waals surface area contributed by atoms with Crippen molar-refractivity contribution in [3.05, 3.63) is 72.1 Å². The molecule has 1 heterocycles. The van der Waals surface area contributed by atoms with Crippen molar-refractivity contribution in [2.45, 2.75) is 44.2 Å². The van der Waals surface area contributed by atoms with Crippen LogP contribution in [-0.2, 0) is 5.41 Å². The molecule has 2 aromatic carbocycles. The third-order valence-corrected chi connectivity index (χ3v) is 5.88. The van der Waals surface area contributed by atoms with Crippen LogP contribution < -0.4 is 20.1 Å². The average molecular weight is 419 g/mol. The molecule has 6 nitrogen and oxygen atoms in total. The van der Waals surface area contributed by atoms with Gasteiger partial charge in [-0.1, -0.05) is 38.1 Å². The molecule has 1 fully saturated rings. The van der Waals surface area contributed by atoms with Gasteiger partial charge < -0.3 is 20.1 Å². The number of rotatable bonds is 7. The zero-order valence-electron chi connectivity index (χ0n) is 18.6. The zero-order valence-corrected chi connectivity index (χ0v) is 18.6. The molecular weight excluding hydrogens is 388 g/mol. The highest BCUT2D eigenvalue weighted by Crippen LogP contribution is 2.34. The number of nitrogens with zero attached hydrogens (tertiary/aromatic N) is 3. The van der Waals surface area contributed by atoms with Crippen LogP contribution in [0.15, 0.2) is 60.9 Å². The maximum absolute atomic E-state index is 5.98. The highest BCUT2D eigenvalue weighted by molar-refractivity contribution is 5.42. The molecule has 162 valence electrons. The minimum atomic E-state index is -0.150. The molecule has 2 N–H and O–H groups in total. The Hall–Kier alpha value is -3.12. The molecule has 1 aromatic heterocycles. The van der Waals surface area contributed by atoms with Crippen molar-refractivity contribution in [3.8, 4) is 17.4 Å². The minimum Gasteiger partial charge on any atom is -0.490 e. The fraction of sp³-hybridized carbons (Fsp3) is 0.360. The number of ether oxygens (including phenoxy) is 2. The Morgan fingerprint density at radius 1 is 0.871 bits per heavy atom. The molecule has 6 heteroatoms. The number of aromatic nitrogens is 2. The SMILES string of the molecule is CN(C)c1cnc(Oc2ccc(C(C)(C)c3ccc(OC4CC(N)C4)cc3)cc2)cn1. The highest BCUT2D eigenvalue weighted by Gasteiger charge is 2.28. The van der Waals surface area contributed by atoms with Crippen LogP contribution in [0, 0.1) is 0 Å². The third kappa shape index (κ3) is 4.80. The molecule has 0 radical (unpaired) electrons. The van der Waals surface area contributed by atoms with E-state index in [1.165, 1.54) is 11.1 Å².